The molecule has 0 unspecified atom stereocenters. The molecule has 1 atom stereocenters. The molecule has 2 aromatic rings. The van der Waals surface area contributed by atoms with Crippen molar-refractivity contribution >= 4 is 34.9 Å². The number of benzene rings is 2. The Kier molecular flexibility index (Phi) is 5.36. The van der Waals surface area contributed by atoms with E-state index < -0.39 is 0 Å². The number of anilines is 1. The van der Waals surface area contributed by atoms with Gasteiger partial charge in [0.1, 0.15) is 0 Å². The maximum absolute atomic E-state index is 12.8. The highest BCUT2D eigenvalue weighted by atomic mass is 32.2. The lowest BCUT2D eigenvalue weighted by Crippen LogP contribution is -2.26. The van der Waals surface area contributed by atoms with Crippen molar-refractivity contribution in [2.45, 2.75) is 49.5 Å². The van der Waals surface area contributed by atoms with Gasteiger partial charge < -0.3 is 5.32 Å². The first kappa shape index (κ1) is 18.9. The molecule has 0 radical (unpaired) electrons. The number of rotatable bonds is 4. The Hall–Kier alpha value is -2.40. The molecule has 4 rings (SSSR count). The number of amides is 1. The maximum Gasteiger partial charge on any atom is 0.237 e. The molecule has 0 aromatic heterocycles. The molecule has 4 nitrogen and oxygen atoms in total. The Morgan fingerprint density at radius 3 is 2.21 bits per heavy atom. The molecule has 5 heteroatoms. The number of carbonyl (C=O) groups excluding carboxylic acids is 3. The zero-order valence-corrected chi connectivity index (χ0v) is 16.7. The van der Waals surface area contributed by atoms with Crippen LogP contribution in [0.15, 0.2) is 42.5 Å². The van der Waals surface area contributed by atoms with Gasteiger partial charge in [-0.25, -0.2) is 0 Å². The summed E-state index contributed by atoms with van der Waals surface area (Å²) in [5.41, 5.74) is 2.17. The zero-order chi connectivity index (χ0) is 19.7. The highest BCUT2D eigenvalue weighted by Gasteiger charge is 2.29. The van der Waals surface area contributed by atoms with E-state index >= 15 is 0 Å². The smallest absolute Gasteiger partial charge is 0.237 e. The van der Waals surface area contributed by atoms with Crippen LogP contribution in [-0.4, -0.2) is 28.0 Å². The second-order valence-corrected chi connectivity index (χ2v) is 9.14. The van der Waals surface area contributed by atoms with Crippen LogP contribution in [0.1, 0.15) is 70.9 Å². The number of fused-ring (bicyclic) bond motifs is 2. The molecule has 1 fully saturated rings. The zero-order valence-electron chi connectivity index (χ0n) is 15.9. The van der Waals surface area contributed by atoms with Crippen molar-refractivity contribution < 1.29 is 14.4 Å². The first-order chi connectivity index (χ1) is 13.5. The van der Waals surface area contributed by atoms with Crippen LogP contribution in [-0.2, 0) is 4.79 Å². The van der Waals surface area contributed by atoms with Crippen molar-refractivity contribution in [1.29, 1.82) is 0 Å². The summed E-state index contributed by atoms with van der Waals surface area (Å²) in [5, 5.41) is 3.31. The van der Waals surface area contributed by atoms with Crippen LogP contribution in [0.25, 0.3) is 0 Å². The van der Waals surface area contributed by atoms with Crippen LogP contribution in [0.4, 0.5) is 5.69 Å². The van der Waals surface area contributed by atoms with Crippen LogP contribution in [0.2, 0.25) is 0 Å². The number of ketones is 2. The predicted octanol–water partition coefficient (Wildman–Crippen LogP) is 4.85. The molecule has 28 heavy (non-hydrogen) atoms. The summed E-state index contributed by atoms with van der Waals surface area (Å²) >= 11 is 1.74. The van der Waals surface area contributed by atoms with Crippen LogP contribution < -0.4 is 5.32 Å². The molecule has 1 N–H and O–H groups in total. The molecule has 144 valence electrons. The summed E-state index contributed by atoms with van der Waals surface area (Å²) in [6.07, 6.45) is 6.14. The average Bonchev–Trinajstić information content (AvgIpc) is 2.72. The summed E-state index contributed by atoms with van der Waals surface area (Å²) in [6.45, 7) is 1.93. The number of hydrogen-bond donors (Lipinski definition) is 1. The lowest BCUT2D eigenvalue weighted by molar-refractivity contribution is -0.115. The van der Waals surface area contributed by atoms with Crippen molar-refractivity contribution in [2.24, 2.45) is 0 Å². The van der Waals surface area contributed by atoms with E-state index in [0.717, 1.165) is 0 Å². The topological polar surface area (TPSA) is 63.2 Å². The minimum absolute atomic E-state index is 0.0643. The van der Waals surface area contributed by atoms with Crippen LogP contribution in [0.3, 0.4) is 0 Å². The van der Waals surface area contributed by atoms with Gasteiger partial charge >= 0.3 is 0 Å². The normalized spacial score (nSPS) is 17.6. The third-order valence-corrected chi connectivity index (χ3v) is 6.99. The summed E-state index contributed by atoms with van der Waals surface area (Å²) in [7, 11) is 0. The van der Waals surface area contributed by atoms with Gasteiger partial charge in [-0.2, -0.15) is 0 Å². The van der Waals surface area contributed by atoms with E-state index in [1.54, 1.807) is 54.2 Å². The maximum atomic E-state index is 12.8. The third kappa shape index (κ3) is 3.63. The Balaban J connectivity index is 1.50. The van der Waals surface area contributed by atoms with Crippen LogP contribution >= 0.6 is 11.8 Å². The minimum Gasteiger partial charge on any atom is -0.325 e. The van der Waals surface area contributed by atoms with Gasteiger partial charge in [-0.3, -0.25) is 14.4 Å². The highest BCUT2D eigenvalue weighted by Crippen LogP contribution is 2.32. The Morgan fingerprint density at radius 2 is 1.54 bits per heavy atom. The largest absolute Gasteiger partial charge is 0.325 e. The number of thioether (sulfide) groups is 1. The van der Waals surface area contributed by atoms with Gasteiger partial charge in [-0.15, -0.1) is 11.8 Å². The molecule has 0 saturated heterocycles. The summed E-state index contributed by atoms with van der Waals surface area (Å²) in [4.78, 5) is 38.1. The van der Waals surface area contributed by atoms with Crippen molar-refractivity contribution in [3.8, 4) is 0 Å². The van der Waals surface area contributed by atoms with Gasteiger partial charge in [-0.1, -0.05) is 43.5 Å². The first-order valence-electron chi connectivity index (χ1n) is 9.83. The van der Waals surface area contributed by atoms with Crippen molar-refractivity contribution in [3.63, 3.8) is 0 Å². The fraction of sp³-hybridized carbons (Fsp3) is 0.348. The van der Waals surface area contributed by atoms with E-state index in [2.05, 4.69) is 5.32 Å². The van der Waals surface area contributed by atoms with Crippen molar-refractivity contribution in [3.05, 3.63) is 64.7 Å². The second-order valence-electron chi connectivity index (χ2n) is 7.49. The van der Waals surface area contributed by atoms with E-state index in [-0.39, 0.29) is 22.7 Å². The van der Waals surface area contributed by atoms with E-state index in [0.29, 0.717) is 33.2 Å². The van der Waals surface area contributed by atoms with Gasteiger partial charge in [0.15, 0.2) is 11.6 Å². The highest BCUT2D eigenvalue weighted by molar-refractivity contribution is 8.01. The molecule has 0 heterocycles. The van der Waals surface area contributed by atoms with Gasteiger partial charge in [-0.05, 0) is 38.0 Å². The first-order valence-corrected chi connectivity index (χ1v) is 10.8. The summed E-state index contributed by atoms with van der Waals surface area (Å²) in [5.74, 6) is -0.388. The fourth-order valence-electron chi connectivity index (χ4n) is 3.97. The van der Waals surface area contributed by atoms with Gasteiger partial charge in [0.2, 0.25) is 5.91 Å². The molecule has 0 bridgehead atoms. The Morgan fingerprint density at radius 1 is 0.929 bits per heavy atom. The molecule has 2 aliphatic rings. The van der Waals surface area contributed by atoms with Crippen molar-refractivity contribution in [2.75, 3.05) is 5.32 Å². The van der Waals surface area contributed by atoms with E-state index in [1.165, 1.54) is 32.1 Å². The number of hydrogen-bond acceptors (Lipinski definition) is 4. The van der Waals surface area contributed by atoms with Gasteiger partial charge in [0, 0.05) is 33.2 Å². The SMILES string of the molecule is C[C@H](SC1CCCCC1)C(=O)Nc1ccc2c(c1)C(=O)c1ccccc1C2=O. The van der Waals surface area contributed by atoms with E-state index in [1.807, 2.05) is 6.92 Å². The average molecular weight is 394 g/mol. The Bertz CT molecular complexity index is 947. The van der Waals surface area contributed by atoms with E-state index in [9.17, 15) is 14.4 Å². The third-order valence-electron chi connectivity index (χ3n) is 5.51. The lowest BCUT2D eigenvalue weighted by Gasteiger charge is -2.24. The van der Waals surface area contributed by atoms with Gasteiger partial charge in [0.25, 0.3) is 0 Å². The predicted molar refractivity (Wildman–Crippen MR) is 112 cm³/mol. The molecular weight excluding hydrogens is 370 g/mol. The van der Waals surface area contributed by atoms with Crippen molar-refractivity contribution in [1.82, 2.24) is 0 Å². The lowest BCUT2D eigenvalue weighted by atomic mass is 9.84. The molecule has 2 aromatic carbocycles. The Labute approximate surface area is 169 Å². The number of carbonyl (C=O) groups is 3. The van der Waals surface area contributed by atoms with Gasteiger partial charge in [0.05, 0.1) is 5.25 Å². The quantitative estimate of drug-likeness (QED) is 0.688. The molecule has 0 aliphatic heterocycles. The molecule has 1 amide bonds. The van der Waals surface area contributed by atoms with Crippen LogP contribution in [0, 0.1) is 0 Å². The monoisotopic (exact) mass is 393 g/mol. The molecule has 0 spiro atoms. The minimum atomic E-state index is -0.175. The standard InChI is InChI=1S/C23H23NO3S/c1-14(28-16-7-3-2-4-8-16)23(27)24-15-11-12-19-20(13-15)22(26)18-10-6-5-9-17(18)21(19)25/h5-6,9-14,16H,2-4,7-8H2,1H3,(H,24,27)/t14-/m0/s1. The number of nitrogens with one attached hydrogen (secondary N) is 1. The van der Waals surface area contributed by atoms with E-state index in [4.69, 9.17) is 0 Å². The summed E-state index contributed by atoms with van der Waals surface area (Å²) < 4.78 is 0. The molecular formula is C23H23NO3S. The summed E-state index contributed by atoms with van der Waals surface area (Å²) in [6, 6.07) is 11.8. The second kappa shape index (κ2) is 7.92. The fourth-order valence-corrected chi connectivity index (χ4v) is 5.34. The van der Waals surface area contributed by atoms with Crippen LogP contribution in [0.5, 0.6) is 0 Å². The molecule has 1 saturated carbocycles. The molecule has 2 aliphatic carbocycles.